The highest BCUT2D eigenvalue weighted by molar-refractivity contribution is 6.09. The van der Waals surface area contributed by atoms with E-state index in [-0.39, 0.29) is 5.91 Å². The molecule has 0 aliphatic heterocycles. The Kier molecular flexibility index (Phi) is 4.64. The van der Waals surface area contributed by atoms with Gasteiger partial charge in [0.1, 0.15) is 5.82 Å². The number of hydrogen-bond donors (Lipinski definition) is 1. The van der Waals surface area contributed by atoms with E-state index in [1.54, 1.807) is 6.20 Å². The number of hydrogen-bond acceptors (Lipinski definition) is 3. The predicted octanol–water partition coefficient (Wildman–Crippen LogP) is 4.39. The number of rotatable bonds is 4. The number of nitrogens with one attached hydrogen (secondary N) is 1. The molecule has 4 aromatic rings. The summed E-state index contributed by atoms with van der Waals surface area (Å²) in [6, 6.07) is 18.1. The topological polar surface area (TPSA) is 59.8 Å². The Balaban J connectivity index is 1.57. The maximum atomic E-state index is 13.3. The molecule has 30 heavy (non-hydrogen) atoms. The van der Waals surface area contributed by atoms with Gasteiger partial charge in [-0.15, -0.1) is 0 Å². The number of para-hydroxylation sites is 1. The maximum Gasteiger partial charge on any atom is 0.252 e. The second kappa shape index (κ2) is 7.59. The van der Waals surface area contributed by atoms with Gasteiger partial charge in [0.25, 0.3) is 5.91 Å². The van der Waals surface area contributed by atoms with Gasteiger partial charge in [-0.3, -0.25) is 4.79 Å². The first-order valence-corrected chi connectivity index (χ1v) is 10.1. The van der Waals surface area contributed by atoms with Gasteiger partial charge in [0.15, 0.2) is 0 Å². The number of pyridine rings is 1. The number of carbonyl (C=O) groups excluding carboxylic acids is 1. The van der Waals surface area contributed by atoms with Gasteiger partial charge in [-0.1, -0.05) is 48.5 Å². The van der Waals surface area contributed by atoms with E-state index in [2.05, 4.69) is 28.5 Å². The second-order valence-corrected chi connectivity index (χ2v) is 7.55. The lowest BCUT2D eigenvalue weighted by Crippen LogP contribution is -2.26. The summed E-state index contributed by atoms with van der Waals surface area (Å²) in [6.07, 6.45) is 7.50. The molecular weight excluding hydrogens is 372 g/mol. The molecule has 0 unspecified atom stereocenters. The standard InChI is InChI=1S/C25H22N4O/c1-29-14-13-26-22(29)16-27-25(30)23-19-9-5-6-10-21(19)28-24-18(11-12-20(23)24)15-17-7-3-2-4-8-17/h2-10,13-15H,11-12,16H2,1H3,(H,27,30)/b18-15-. The maximum absolute atomic E-state index is 13.3. The van der Waals surface area contributed by atoms with Crippen LogP contribution in [0.25, 0.3) is 22.6 Å². The Morgan fingerprint density at radius 3 is 2.70 bits per heavy atom. The summed E-state index contributed by atoms with van der Waals surface area (Å²) in [5, 5.41) is 3.96. The van der Waals surface area contributed by atoms with Crippen LogP contribution in [0.4, 0.5) is 0 Å². The van der Waals surface area contributed by atoms with Gasteiger partial charge >= 0.3 is 0 Å². The van der Waals surface area contributed by atoms with Crippen LogP contribution in [0, 0.1) is 0 Å². The number of carbonyl (C=O) groups is 1. The molecule has 0 radical (unpaired) electrons. The molecule has 1 N–H and O–H groups in total. The summed E-state index contributed by atoms with van der Waals surface area (Å²) in [7, 11) is 1.93. The molecule has 2 aromatic carbocycles. The van der Waals surface area contributed by atoms with E-state index < -0.39 is 0 Å². The zero-order chi connectivity index (χ0) is 20.5. The molecule has 0 spiro atoms. The van der Waals surface area contributed by atoms with Gasteiger partial charge in [0.05, 0.1) is 23.3 Å². The molecular formula is C25H22N4O. The first-order chi connectivity index (χ1) is 14.7. The summed E-state index contributed by atoms with van der Waals surface area (Å²) in [6.45, 7) is 0.389. The van der Waals surface area contributed by atoms with Crippen molar-refractivity contribution in [2.75, 3.05) is 0 Å². The number of fused-ring (bicyclic) bond motifs is 2. The van der Waals surface area contributed by atoms with Crippen LogP contribution in [0.2, 0.25) is 0 Å². The van der Waals surface area contributed by atoms with Crippen molar-refractivity contribution in [3.8, 4) is 0 Å². The Morgan fingerprint density at radius 1 is 1.10 bits per heavy atom. The molecule has 2 heterocycles. The van der Waals surface area contributed by atoms with Crippen LogP contribution in [0.5, 0.6) is 0 Å². The van der Waals surface area contributed by atoms with E-state index in [4.69, 9.17) is 4.98 Å². The van der Waals surface area contributed by atoms with Crippen molar-refractivity contribution in [1.29, 1.82) is 0 Å². The van der Waals surface area contributed by atoms with Crippen molar-refractivity contribution in [2.24, 2.45) is 7.05 Å². The number of benzene rings is 2. The molecule has 1 aliphatic carbocycles. The van der Waals surface area contributed by atoms with Crippen molar-refractivity contribution >= 4 is 28.5 Å². The van der Waals surface area contributed by atoms with Crippen LogP contribution in [0.15, 0.2) is 67.0 Å². The molecule has 5 nitrogen and oxygen atoms in total. The number of nitrogens with zero attached hydrogens (tertiary/aromatic N) is 3. The summed E-state index contributed by atoms with van der Waals surface area (Å²) in [4.78, 5) is 22.5. The molecule has 5 heteroatoms. The Labute approximate surface area is 175 Å². The second-order valence-electron chi connectivity index (χ2n) is 7.55. The minimum absolute atomic E-state index is 0.0752. The van der Waals surface area contributed by atoms with E-state index in [0.717, 1.165) is 52.0 Å². The normalized spacial score (nSPS) is 14.2. The quantitative estimate of drug-likeness (QED) is 0.559. The van der Waals surface area contributed by atoms with Gasteiger partial charge in [-0.25, -0.2) is 9.97 Å². The zero-order valence-corrected chi connectivity index (χ0v) is 16.8. The number of aromatic nitrogens is 3. The monoisotopic (exact) mass is 394 g/mol. The minimum atomic E-state index is -0.0752. The van der Waals surface area contributed by atoms with Crippen LogP contribution in [-0.2, 0) is 20.0 Å². The largest absolute Gasteiger partial charge is 0.345 e. The first kappa shape index (κ1) is 18.3. The van der Waals surface area contributed by atoms with E-state index in [0.29, 0.717) is 6.54 Å². The van der Waals surface area contributed by atoms with Gasteiger partial charge in [-0.2, -0.15) is 0 Å². The molecule has 0 saturated heterocycles. The minimum Gasteiger partial charge on any atom is -0.345 e. The molecule has 2 aromatic heterocycles. The fourth-order valence-electron chi connectivity index (χ4n) is 4.10. The average molecular weight is 394 g/mol. The third-order valence-corrected chi connectivity index (χ3v) is 5.64. The smallest absolute Gasteiger partial charge is 0.252 e. The summed E-state index contributed by atoms with van der Waals surface area (Å²) in [5.74, 6) is 0.747. The third-order valence-electron chi connectivity index (χ3n) is 5.64. The lowest BCUT2D eigenvalue weighted by atomic mass is 10.00. The number of amides is 1. The SMILES string of the molecule is Cn1ccnc1CNC(=O)c1c2c(nc3ccccc13)/C(=C\c1ccccc1)CC2. The van der Waals surface area contributed by atoms with Crippen LogP contribution < -0.4 is 5.32 Å². The van der Waals surface area contributed by atoms with Crippen molar-refractivity contribution in [3.05, 3.63) is 95.2 Å². The Morgan fingerprint density at radius 2 is 1.90 bits per heavy atom. The average Bonchev–Trinajstić information content (AvgIpc) is 3.37. The predicted molar refractivity (Wildman–Crippen MR) is 119 cm³/mol. The van der Waals surface area contributed by atoms with E-state index in [1.165, 1.54) is 5.57 Å². The van der Waals surface area contributed by atoms with Gasteiger partial charge < -0.3 is 9.88 Å². The van der Waals surface area contributed by atoms with E-state index in [9.17, 15) is 4.79 Å². The van der Waals surface area contributed by atoms with E-state index in [1.807, 2.05) is 60.3 Å². The molecule has 0 saturated carbocycles. The van der Waals surface area contributed by atoms with Crippen molar-refractivity contribution in [1.82, 2.24) is 19.9 Å². The van der Waals surface area contributed by atoms with Crippen molar-refractivity contribution in [2.45, 2.75) is 19.4 Å². The fraction of sp³-hybridized carbons (Fsp3) is 0.160. The molecule has 1 aliphatic rings. The van der Waals surface area contributed by atoms with Crippen LogP contribution >= 0.6 is 0 Å². The molecule has 1 amide bonds. The van der Waals surface area contributed by atoms with Gasteiger partial charge in [-0.05, 0) is 41.7 Å². The fourth-order valence-corrected chi connectivity index (χ4v) is 4.10. The molecule has 5 rings (SSSR count). The molecule has 0 bridgehead atoms. The molecule has 148 valence electrons. The first-order valence-electron chi connectivity index (χ1n) is 10.1. The third kappa shape index (κ3) is 3.28. The van der Waals surface area contributed by atoms with Crippen LogP contribution in [0.1, 0.15) is 39.4 Å². The molecule has 0 atom stereocenters. The highest BCUT2D eigenvalue weighted by atomic mass is 16.1. The summed E-state index contributed by atoms with van der Waals surface area (Å²) < 4.78 is 1.91. The lowest BCUT2D eigenvalue weighted by molar-refractivity contribution is 0.0950. The van der Waals surface area contributed by atoms with E-state index >= 15 is 0 Å². The van der Waals surface area contributed by atoms with Crippen LogP contribution in [0.3, 0.4) is 0 Å². The Bertz CT molecular complexity index is 1270. The highest BCUT2D eigenvalue weighted by Crippen LogP contribution is 2.37. The van der Waals surface area contributed by atoms with Gasteiger partial charge in [0.2, 0.25) is 0 Å². The number of allylic oxidation sites excluding steroid dienone is 1. The van der Waals surface area contributed by atoms with Crippen molar-refractivity contribution < 1.29 is 4.79 Å². The molecule has 0 fully saturated rings. The zero-order valence-electron chi connectivity index (χ0n) is 16.8. The summed E-state index contributed by atoms with van der Waals surface area (Å²) >= 11 is 0. The number of imidazole rings is 1. The lowest BCUT2D eigenvalue weighted by Gasteiger charge is -2.13. The Hall–Kier alpha value is -3.73. The highest BCUT2D eigenvalue weighted by Gasteiger charge is 2.26. The number of aryl methyl sites for hydroxylation is 1. The van der Waals surface area contributed by atoms with Crippen LogP contribution in [-0.4, -0.2) is 20.4 Å². The van der Waals surface area contributed by atoms with Gasteiger partial charge in [0, 0.05) is 24.8 Å². The van der Waals surface area contributed by atoms with Crippen molar-refractivity contribution in [3.63, 3.8) is 0 Å². The summed E-state index contributed by atoms with van der Waals surface area (Å²) in [5.41, 5.74) is 5.89.